The molecule has 2 bridgehead atoms. The number of nitrogens with zero attached hydrogens (tertiary/aromatic N) is 1. The molecular weight excluding hydrogens is 595 g/mol. The molecule has 10 rings (SSSR count). The van der Waals surface area contributed by atoms with Gasteiger partial charge in [0.15, 0.2) is 0 Å². The second-order valence-corrected chi connectivity index (χ2v) is 14.1. The Bertz CT molecular complexity index is 2450. The van der Waals surface area contributed by atoms with Crippen LogP contribution in [-0.4, -0.2) is 0 Å². The van der Waals surface area contributed by atoms with Crippen LogP contribution in [0.4, 0.5) is 17.1 Å². The van der Waals surface area contributed by atoms with Crippen LogP contribution in [0, 0.1) is 11.8 Å². The zero-order chi connectivity index (χ0) is 32.3. The van der Waals surface area contributed by atoms with Gasteiger partial charge in [-0.05, 0) is 118 Å². The molecule has 2 saturated carbocycles. The Kier molecular flexibility index (Phi) is 6.68. The summed E-state index contributed by atoms with van der Waals surface area (Å²) in [6, 6.07) is 57.5. The minimum Gasteiger partial charge on any atom is -0.456 e. The first-order valence-electron chi connectivity index (χ1n) is 17.8. The first-order valence-corrected chi connectivity index (χ1v) is 17.8. The minimum atomic E-state index is 0.717. The quantitative estimate of drug-likeness (QED) is 0.182. The van der Waals surface area contributed by atoms with Gasteiger partial charge in [-0.15, -0.1) is 0 Å². The molecular formula is C47H37NO. The molecule has 49 heavy (non-hydrogen) atoms. The summed E-state index contributed by atoms with van der Waals surface area (Å²) < 4.78 is 6.37. The van der Waals surface area contributed by atoms with Crippen LogP contribution >= 0.6 is 0 Å². The molecule has 0 saturated heterocycles. The molecule has 7 aromatic carbocycles. The monoisotopic (exact) mass is 631 g/mol. The van der Waals surface area contributed by atoms with Gasteiger partial charge >= 0.3 is 0 Å². The lowest BCUT2D eigenvalue weighted by atomic mass is 9.83. The van der Waals surface area contributed by atoms with Gasteiger partial charge in [-0.1, -0.05) is 116 Å². The largest absolute Gasteiger partial charge is 0.456 e. The lowest BCUT2D eigenvalue weighted by Crippen LogP contribution is -2.11. The Labute approximate surface area is 287 Å². The highest BCUT2D eigenvalue weighted by atomic mass is 16.3. The highest BCUT2D eigenvalue weighted by Crippen LogP contribution is 2.53. The molecule has 8 aromatic rings. The molecule has 0 spiro atoms. The fraction of sp³-hybridized carbons (Fsp3) is 0.149. The number of anilines is 3. The molecule has 1 heterocycles. The highest BCUT2D eigenvalue weighted by molar-refractivity contribution is 6.07. The maximum atomic E-state index is 6.37. The van der Waals surface area contributed by atoms with E-state index in [9.17, 15) is 0 Å². The molecule has 3 unspecified atom stereocenters. The van der Waals surface area contributed by atoms with E-state index in [1.54, 1.807) is 0 Å². The molecule has 0 aliphatic heterocycles. The van der Waals surface area contributed by atoms with E-state index in [1.807, 2.05) is 6.07 Å². The third-order valence-electron chi connectivity index (χ3n) is 11.4. The molecule has 236 valence electrons. The van der Waals surface area contributed by atoms with Gasteiger partial charge in [0, 0.05) is 33.9 Å². The van der Waals surface area contributed by atoms with Crippen molar-refractivity contribution in [3.63, 3.8) is 0 Å². The molecule has 2 fully saturated rings. The van der Waals surface area contributed by atoms with Crippen LogP contribution in [-0.2, 0) is 0 Å². The van der Waals surface area contributed by atoms with E-state index < -0.39 is 0 Å². The number of rotatable bonds is 6. The predicted molar refractivity (Wildman–Crippen MR) is 205 cm³/mol. The van der Waals surface area contributed by atoms with Crippen molar-refractivity contribution in [2.75, 3.05) is 4.90 Å². The number of hydrogen-bond acceptors (Lipinski definition) is 2. The Morgan fingerprint density at radius 3 is 1.86 bits per heavy atom. The summed E-state index contributed by atoms with van der Waals surface area (Å²) in [6.45, 7) is 0. The van der Waals surface area contributed by atoms with Crippen LogP contribution in [0.15, 0.2) is 162 Å². The van der Waals surface area contributed by atoms with E-state index in [1.165, 1.54) is 64.3 Å². The Balaban J connectivity index is 1.07. The minimum absolute atomic E-state index is 0.717. The van der Waals surface area contributed by atoms with Crippen molar-refractivity contribution in [1.82, 2.24) is 0 Å². The average Bonchev–Trinajstić information content (AvgIpc) is 3.90. The smallest absolute Gasteiger partial charge is 0.137 e. The lowest BCUT2D eigenvalue weighted by Gasteiger charge is -2.27. The summed E-state index contributed by atoms with van der Waals surface area (Å²) in [4.78, 5) is 2.37. The molecule has 0 radical (unpaired) electrons. The van der Waals surface area contributed by atoms with Crippen molar-refractivity contribution >= 4 is 49.8 Å². The highest BCUT2D eigenvalue weighted by Gasteiger charge is 2.40. The zero-order valence-electron chi connectivity index (χ0n) is 27.4. The zero-order valence-corrected chi connectivity index (χ0v) is 27.4. The van der Waals surface area contributed by atoms with Crippen molar-refractivity contribution in [3.05, 3.63) is 163 Å². The average molecular weight is 632 g/mol. The van der Waals surface area contributed by atoms with E-state index in [2.05, 4.69) is 157 Å². The van der Waals surface area contributed by atoms with E-state index in [0.717, 1.165) is 50.8 Å². The molecule has 3 atom stereocenters. The molecule has 2 aliphatic carbocycles. The van der Waals surface area contributed by atoms with E-state index in [0.29, 0.717) is 5.92 Å². The third-order valence-corrected chi connectivity index (χ3v) is 11.4. The summed E-state index contributed by atoms with van der Waals surface area (Å²) >= 11 is 0. The van der Waals surface area contributed by atoms with Crippen molar-refractivity contribution in [2.45, 2.75) is 31.6 Å². The molecule has 1 aromatic heterocycles. The Hall–Kier alpha value is -5.60. The standard InChI is InChI=1S/C47H37NO/c1-2-8-32(9-3-1)40-13-6-10-35-11-7-14-41(47(35)40)33-18-22-37(23-19-33)48(38-24-20-34(21-25-38)44-29-31-16-17-36(44)28-31)39-26-27-43-42-12-4-5-15-45(42)49-46(43)30-39/h1-15,18-27,30-31,36,44H,16-17,28-29H2. The fourth-order valence-electron chi connectivity index (χ4n) is 9.05. The van der Waals surface area contributed by atoms with Gasteiger partial charge in [0.25, 0.3) is 0 Å². The molecule has 0 amide bonds. The van der Waals surface area contributed by atoms with Gasteiger partial charge in [-0.2, -0.15) is 0 Å². The van der Waals surface area contributed by atoms with E-state index in [-0.39, 0.29) is 0 Å². The van der Waals surface area contributed by atoms with Crippen LogP contribution in [0.3, 0.4) is 0 Å². The number of benzene rings is 7. The normalized spacial score (nSPS) is 18.5. The first kappa shape index (κ1) is 28.4. The van der Waals surface area contributed by atoms with Crippen LogP contribution < -0.4 is 4.90 Å². The number of para-hydroxylation sites is 1. The summed E-state index contributed by atoms with van der Waals surface area (Å²) in [7, 11) is 0. The van der Waals surface area contributed by atoms with E-state index in [4.69, 9.17) is 4.42 Å². The second kappa shape index (κ2) is 11.5. The molecule has 0 N–H and O–H groups in total. The van der Waals surface area contributed by atoms with Crippen LogP contribution in [0.25, 0.3) is 55.0 Å². The lowest BCUT2D eigenvalue weighted by molar-refractivity contribution is 0.420. The summed E-state index contributed by atoms with van der Waals surface area (Å²) in [5.74, 6) is 2.52. The van der Waals surface area contributed by atoms with Gasteiger partial charge in [-0.3, -0.25) is 0 Å². The molecule has 2 heteroatoms. The first-order chi connectivity index (χ1) is 24.3. The van der Waals surface area contributed by atoms with Crippen molar-refractivity contribution in [1.29, 1.82) is 0 Å². The number of fused-ring (bicyclic) bond motifs is 6. The maximum absolute atomic E-state index is 6.37. The number of furan rings is 1. The summed E-state index contributed by atoms with van der Waals surface area (Å²) in [5.41, 5.74) is 11.6. The Morgan fingerprint density at radius 1 is 0.490 bits per heavy atom. The van der Waals surface area contributed by atoms with Gasteiger partial charge in [0.2, 0.25) is 0 Å². The van der Waals surface area contributed by atoms with Crippen molar-refractivity contribution in [2.24, 2.45) is 11.8 Å². The second-order valence-electron chi connectivity index (χ2n) is 14.1. The van der Waals surface area contributed by atoms with Gasteiger partial charge < -0.3 is 9.32 Å². The van der Waals surface area contributed by atoms with E-state index >= 15 is 0 Å². The van der Waals surface area contributed by atoms with Crippen molar-refractivity contribution < 1.29 is 4.42 Å². The third kappa shape index (κ3) is 4.85. The summed E-state index contributed by atoms with van der Waals surface area (Å²) in [6.07, 6.45) is 5.61. The predicted octanol–water partition coefficient (Wildman–Crippen LogP) is 13.4. The van der Waals surface area contributed by atoms with Crippen LogP contribution in [0.5, 0.6) is 0 Å². The molecule has 2 nitrogen and oxygen atoms in total. The number of hydrogen-bond donors (Lipinski definition) is 0. The van der Waals surface area contributed by atoms with Gasteiger partial charge in [0.05, 0.1) is 0 Å². The Morgan fingerprint density at radius 2 is 1.14 bits per heavy atom. The van der Waals surface area contributed by atoms with Gasteiger partial charge in [-0.25, -0.2) is 0 Å². The molecule has 2 aliphatic rings. The SMILES string of the molecule is c1ccc(-c2cccc3cccc(-c4ccc(N(c5ccc(C6CC7CCC6C7)cc5)c5ccc6c(c5)oc5ccccc56)cc4)c23)cc1. The summed E-state index contributed by atoms with van der Waals surface area (Å²) in [5, 5.41) is 4.83. The maximum Gasteiger partial charge on any atom is 0.137 e. The van der Waals surface area contributed by atoms with Crippen LogP contribution in [0.1, 0.15) is 37.2 Å². The van der Waals surface area contributed by atoms with Gasteiger partial charge in [0.1, 0.15) is 11.2 Å². The fourth-order valence-corrected chi connectivity index (χ4v) is 9.05. The van der Waals surface area contributed by atoms with Crippen molar-refractivity contribution in [3.8, 4) is 22.3 Å². The topological polar surface area (TPSA) is 16.4 Å². The van der Waals surface area contributed by atoms with Crippen LogP contribution in [0.2, 0.25) is 0 Å².